The minimum absolute atomic E-state index is 0. The molecular formula is C24H39InO6. The van der Waals surface area contributed by atoms with Gasteiger partial charge in [-0.15, -0.1) is 0 Å². The predicted octanol–water partition coefficient (Wildman–Crippen LogP) is 1.74. The summed E-state index contributed by atoms with van der Waals surface area (Å²) < 4.78 is 0. The van der Waals surface area contributed by atoms with Gasteiger partial charge in [-0.3, -0.25) is 0 Å². The number of carboxylic acid groups (broad SMARTS) is 3. The second-order valence-electron chi connectivity index (χ2n) is 9.02. The largest absolute Gasteiger partial charge is 3.00 e. The Bertz CT molecular complexity index is 415. The van der Waals surface area contributed by atoms with Crippen LogP contribution in [0.3, 0.4) is 0 Å². The van der Waals surface area contributed by atoms with Crippen LogP contribution in [-0.2, 0) is 14.4 Å². The summed E-state index contributed by atoms with van der Waals surface area (Å²) in [5.41, 5.74) is 0. The number of carbonyl (C=O) groups is 3. The van der Waals surface area contributed by atoms with Crippen molar-refractivity contribution in [3.8, 4) is 0 Å². The van der Waals surface area contributed by atoms with E-state index in [0.29, 0.717) is 0 Å². The van der Waals surface area contributed by atoms with E-state index in [1.807, 2.05) is 0 Å². The van der Waals surface area contributed by atoms with E-state index in [4.69, 9.17) is 0 Å². The van der Waals surface area contributed by atoms with Crippen molar-refractivity contribution >= 4 is 43.8 Å². The second-order valence-corrected chi connectivity index (χ2v) is 9.02. The maximum absolute atomic E-state index is 10.4. The van der Waals surface area contributed by atoms with E-state index < -0.39 is 17.9 Å². The van der Waals surface area contributed by atoms with Crippen molar-refractivity contribution in [1.29, 1.82) is 0 Å². The average Bonchev–Trinajstić information content (AvgIpc) is 3.25. The number of carboxylic acids is 3. The molecule has 3 aliphatic rings. The monoisotopic (exact) mass is 538 g/mol. The van der Waals surface area contributed by atoms with Crippen molar-refractivity contribution in [3.05, 3.63) is 0 Å². The smallest absolute Gasteiger partial charge is 0.550 e. The molecule has 3 rings (SSSR count). The fraction of sp³-hybridized carbons (Fsp3) is 0.875. The summed E-state index contributed by atoms with van der Waals surface area (Å²) in [6, 6.07) is 0. The molecule has 0 atom stereocenters. The Labute approximate surface area is 206 Å². The molecular weight excluding hydrogens is 499 g/mol. The summed E-state index contributed by atoms with van der Waals surface area (Å²) in [7, 11) is 0. The van der Waals surface area contributed by atoms with Gasteiger partial charge in [0.15, 0.2) is 0 Å². The van der Waals surface area contributed by atoms with Crippen LogP contribution >= 0.6 is 0 Å². The summed E-state index contributed by atoms with van der Waals surface area (Å²) in [6.45, 7) is 0. The van der Waals surface area contributed by atoms with Crippen molar-refractivity contribution in [1.82, 2.24) is 0 Å². The third kappa shape index (κ3) is 14.9. The van der Waals surface area contributed by atoms with E-state index in [9.17, 15) is 29.7 Å². The summed E-state index contributed by atoms with van der Waals surface area (Å²) >= 11 is 0. The third-order valence-electron chi connectivity index (χ3n) is 6.57. The first-order valence-electron chi connectivity index (χ1n) is 12.0. The van der Waals surface area contributed by atoms with Crippen LogP contribution in [0.5, 0.6) is 0 Å². The third-order valence-corrected chi connectivity index (χ3v) is 6.57. The SMILES string of the molecule is O=C([O-])C1CCCCCC1.O=C([O-])C1CCCCCC1.O=C([O-])C1CCCCCC1.[In+3]. The van der Waals surface area contributed by atoms with E-state index in [0.717, 1.165) is 77.0 Å². The first-order valence-corrected chi connectivity index (χ1v) is 12.0. The molecule has 6 nitrogen and oxygen atoms in total. The van der Waals surface area contributed by atoms with E-state index in [-0.39, 0.29) is 43.6 Å². The molecule has 3 fully saturated rings. The zero-order chi connectivity index (χ0) is 22.2. The van der Waals surface area contributed by atoms with Gasteiger partial charge in [0, 0.05) is 17.9 Å². The van der Waals surface area contributed by atoms with Gasteiger partial charge in [0.2, 0.25) is 0 Å². The van der Waals surface area contributed by atoms with Crippen LogP contribution in [0.25, 0.3) is 0 Å². The van der Waals surface area contributed by atoms with Gasteiger partial charge in [-0.2, -0.15) is 0 Å². The Hall–Kier alpha value is -0.720. The summed E-state index contributed by atoms with van der Waals surface area (Å²) in [5, 5.41) is 31.2. The van der Waals surface area contributed by atoms with Crippen molar-refractivity contribution in [2.75, 3.05) is 0 Å². The summed E-state index contributed by atoms with van der Waals surface area (Å²) in [6.07, 6.45) is 18.6. The molecule has 0 aromatic heterocycles. The number of hydrogen-bond acceptors (Lipinski definition) is 6. The van der Waals surface area contributed by atoms with Crippen LogP contribution in [0.1, 0.15) is 116 Å². The van der Waals surface area contributed by atoms with Crippen molar-refractivity contribution in [2.24, 2.45) is 17.8 Å². The van der Waals surface area contributed by atoms with Crippen LogP contribution in [0.15, 0.2) is 0 Å². The van der Waals surface area contributed by atoms with Crippen LogP contribution in [-0.4, -0.2) is 43.8 Å². The molecule has 0 heterocycles. The normalized spacial score (nSPS) is 21.3. The van der Waals surface area contributed by atoms with E-state index in [2.05, 4.69) is 0 Å². The molecule has 0 spiro atoms. The Morgan fingerprint density at radius 2 is 0.548 bits per heavy atom. The van der Waals surface area contributed by atoms with E-state index >= 15 is 0 Å². The molecule has 0 aliphatic heterocycles. The quantitative estimate of drug-likeness (QED) is 0.505. The predicted molar refractivity (Wildman–Crippen MR) is 114 cm³/mol. The van der Waals surface area contributed by atoms with Crippen LogP contribution in [0.4, 0.5) is 0 Å². The van der Waals surface area contributed by atoms with Gasteiger partial charge >= 0.3 is 25.8 Å². The minimum atomic E-state index is -0.845. The molecule has 0 aromatic carbocycles. The second kappa shape index (κ2) is 18.8. The van der Waals surface area contributed by atoms with Crippen molar-refractivity contribution in [3.63, 3.8) is 0 Å². The van der Waals surface area contributed by atoms with Gasteiger partial charge in [0.1, 0.15) is 0 Å². The Kier molecular flexibility index (Phi) is 18.4. The fourth-order valence-corrected chi connectivity index (χ4v) is 4.55. The Morgan fingerprint density at radius 3 is 0.677 bits per heavy atom. The molecule has 174 valence electrons. The van der Waals surface area contributed by atoms with E-state index in [1.54, 1.807) is 0 Å². The van der Waals surface area contributed by atoms with Gasteiger partial charge in [0.25, 0.3) is 0 Å². The van der Waals surface area contributed by atoms with Crippen LogP contribution in [0, 0.1) is 17.8 Å². The fourth-order valence-electron chi connectivity index (χ4n) is 4.55. The standard InChI is InChI=1S/3C8H14O2.In/c3*9-8(10)7-5-3-1-2-4-6-7;/h3*7H,1-6H2,(H,9,10);/q;;;+3/p-3. The van der Waals surface area contributed by atoms with Gasteiger partial charge < -0.3 is 29.7 Å². The molecule has 0 bridgehead atoms. The molecule has 0 amide bonds. The molecule has 0 N–H and O–H groups in total. The maximum Gasteiger partial charge on any atom is 3.00 e. The Balaban J connectivity index is 0.000000429. The minimum Gasteiger partial charge on any atom is -0.550 e. The average molecular weight is 538 g/mol. The number of carbonyl (C=O) groups excluding carboxylic acids is 3. The van der Waals surface area contributed by atoms with Gasteiger partial charge in [-0.25, -0.2) is 0 Å². The van der Waals surface area contributed by atoms with Crippen molar-refractivity contribution in [2.45, 2.75) is 116 Å². The molecule has 0 radical (unpaired) electrons. The first kappa shape index (κ1) is 30.3. The number of aliphatic carboxylic acids is 3. The van der Waals surface area contributed by atoms with Crippen LogP contribution < -0.4 is 15.3 Å². The number of hydrogen-bond donors (Lipinski definition) is 0. The zero-order valence-electron chi connectivity index (χ0n) is 19.0. The zero-order valence-corrected chi connectivity index (χ0v) is 22.3. The topological polar surface area (TPSA) is 120 Å². The molecule has 7 heteroatoms. The summed E-state index contributed by atoms with van der Waals surface area (Å²) in [5.74, 6) is -2.99. The van der Waals surface area contributed by atoms with Gasteiger partial charge in [-0.1, -0.05) is 77.0 Å². The summed E-state index contributed by atoms with van der Waals surface area (Å²) in [4.78, 5) is 31.2. The number of rotatable bonds is 3. The van der Waals surface area contributed by atoms with E-state index in [1.165, 1.54) is 38.5 Å². The molecule has 0 unspecified atom stereocenters. The molecule has 0 aromatic rings. The van der Waals surface area contributed by atoms with Crippen molar-refractivity contribution < 1.29 is 29.7 Å². The van der Waals surface area contributed by atoms with Gasteiger partial charge in [0.05, 0.1) is 0 Å². The molecule has 3 saturated carbocycles. The van der Waals surface area contributed by atoms with Gasteiger partial charge in [-0.05, 0) is 56.3 Å². The Morgan fingerprint density at radius 1 is 0.387 bits per heavy atom. The first-order chi connectivity index (χ1) is 14.4. The molecule has 31 heavy (non-hydrogen) atoms. The molecule has 3 aliphatic carbocycles. The molecule has 0 saturated heterocycles. The maximum atomic E-state index is 10.4. The van der Waals surface area contributed by atoms with Crippen LogP contribution in [0.2, 0.25) is 0 Å².